The highest BCUT2D eigenvalue weighted by Crippen LogP contribution is 2.15. The van der Waals surface area contributed by atoms with Gasteiger partial charge in [0.1, 0.15) is 6.04 Å². The molecule has 0 radical (unpaired) electrons. The van der Waals surface area contributed by atoms with E-state index in [-0.39, 0.29) is 11.8 Å². The first-order valence-electron chi connectivity index (χ1n) is 9.32. The maximum atomic E-state index is 12.6. The third kappa shape index (κ3) is 6.32. The summed E-state index contributed by atoms with van der Waals surface area (Å²) >= 11 is 5.82. The molecule has 0 saturated heterocycles. The number of ether oxygens (including phenoxy) is 1. The molecule has 0 aromatic heterocycles. The van der Waals surface area contributed by atoms with Crippen molar-refractivity contribution in [1.29, 1.82) is 0 Å². The molecule has 0 bridgehead atoms. The van der Waals surface area contributed by atoms with Gasteiger partial charge in [0, 0.05) is 16.3 Å². The Hall–Kier alpha value is -2.86. The number of aryl methyl sites for hydroxylation is 1. The second-order valence-corrected chi connectivity index (χ2v) is 7.52. The van der Waals surface area contributed by atoms with Crippen molar-refractivity contribution in [3.05, 3.63) is 64.7 Å². The number of amides is 2. The monoisotopic (exact) mass is 416 g/mol. The van der Waals surface area contributed by atoms with Crippen molar-refractivity contribution in [3.63, 3.8) is 0 Å². The van der Waals surface area contributed by atoms with E-state index in [4.69, 9.17) is 16.3 Å². The number of hydrogen-bond donors (Lipinski definition) is 2. The average Bonchev–Trinajstić information content (AvgIpc) is 2.67. The Morgan fingerprint density at radius 3 is 2.17 bits per heavy atom. The normalized spacial score (nSPS) is 12.8. The molecular weight excluding hydrogens is 392 g/mol. The highest BCUT2D eigenvalue weighted by Gasteiger charge is 2.29. The fourth-order valence-electron chi connectivity index (χ4n) is 2.62. The van der Waals surface area contributed by atoms with Crippen molar-refractivity contribution < 1.29 is 19.1 Å². The zero-order valence-electron chi connectivity index (χ0n) is 16.9. The molecule has 0 aliphatic carbocycles. The molecule has 2 amide bonds. The molecular formula is C22H25ClN2O4. The Balaban J connectivity index is 2.01. The molecule has 2 aromatic rings. The van der Waals surface area contributed by atoms with E-state index in [9.17, 15) is 14.4 Å². The van der Waals surface area contributed by atoms with E-state index in [1.165, 1.54) is 6.92 Å². The van der Waals surface area contributed by atoms with Crippen LogP contribution in [0.4, 0.5) is 5.69 Å². The molecule has 0 aliphatic heterocycles. The van der Waals surface area contributed by atoms with Gasteiger partial charge in [-0.15, -0.1) is 0 Å². The summed E-state index contributed by atoms with van der Waals surface area (Å²) in [5.74, 6) is -1.73. The summed E-state index contributed by atoms with van der Waals surface area (Å²) in [5.41, 5.74) is 1.83. The molecule has 7 heteroatoms. The van der Waals surface area contributed by atoms with Crippen molar-refractivity contribution in [1.82, 2.24) is 5.32 Å². The lowest BCUT2D eigenvalue weighted by Gasteiger charge is -2.23. The van der Waals surface area contributed by atoms with Crippen LogP contribution in [0.5, 0.6) is 0 Å². The summed E-state index contributed by atoms with van der Waals surface area (Å²) in [6.07, 6.45) is -1.03. The number of carbonyl (C=O) groups excluding carboxylic acids is 3. The quantitative estimate of drug-likeness (QED) is 0.669. The molecule has 6 nitrogen and oxygen atoms in total. The molecule has 2 rings (SSSR count). The van der Waals surface area contributed by atoms with E-state index in [1.807, 2.05) is 19.1 Å². The van der Waals surface area contributed by atoms with Crippen molar-refractivity contribution in [2.75, 3.05) is 5.32 Å². The molecule has 2 N–H and O–H groups in total. The van der Waals surface area contributed by atoms with E-state index in [0.717, 1.165) is 5.56 Å². The lowest BCUT2D eigenvalue weighted by molar-refractivity contribution is -0.156. The molecule has 0 saturated carbocycles. The molecule has 0 aliphatic rings. The van der Waals surface area contributed by atoms with Gasteiger partial charge in [-0.25, -0.2) is 4.79 Å². The maximum absolute atomic E-state index is 12.6. The summed E-state index contributed by atoms with van der Waals surface area (Å²) in [7, 11) is 0. The predicted molar refractivity (Wildman–Crippen MR) is 113 cm³/mol. The van der Waals surface area contributed by atoms with Crippen LogP contribution in [-0.2, 0) is 14.3 Å². The lowest BCUT2D eigenvalue weighted by Crippen LogP contribution is -2.47. The predicted octanol–water partition coefficient (Wildman–Crippen LogP) is 3.97. The topological polar surface area (TPSA) is 84.5 Å². The molecule has 2 atom stereocenters. The second-order valence-electron chi connectivity index (χ2n) is 7.09. The minimum absolute atomic E-state index is 0.220. The SMILES string of the molecule is Cc1ccccc1C(=O)N[C@H](C(=O)O[C@@H](C)C(=O)Nc1ccc(Cl)cc1)C(C)C. The van der Waals surface area contributed by atoms with Crippen molar-refractivity contribution >= 4 is 35.1 Å². The molecule has 0 spiro atoms. The van der Waals surface area contributed by atoms with E-state index in [2.05, 4.69) is 10.6 Å². The average molecular weight is 417 g/mol. The summed E-state index contributed by atoms with van der Waals surface area (Å²) < 4.78 is 5.31. The molecule has 0 fully saturated rings. The van der Waals surface area contributed by atoms with Crippen LogP contribution in [0.3, 0.4) is 0 Å². The highest BCUT2D eigenvalue weighted by molar-refractivity contribution is 6.30. The molecule has 0 unspecified atom stereocenters. The minimum Gasteiger partial charge on any atom is -0.451 e. The van der Waals surface area contributed by atoms with Gasteiger partial charge in [-0.05, 0) is 55.7 Å². The summed E-state index contributed by atoms with van der Waals surface area (Å²) in [4.78, 5) is 37.5. The molecule has 2 aromatic carbocycles. The number of halogens is 1. The van der Waals surface area contributed by atoms with Crippen LogP contribution in [0.25, 0.3) is 0 Å². The number of carbonyl (C=O) groups is 3. The van der Waals surface area contributed by atoms with Crippen LogP contribution in [0.15, 0.2) is 48.5 Å². The largest absolute Gasteiger partial charge is 0.451 e. The van der Waals surface area contributed by atoms with E-state index in [1.54, 1.807) is 50.2 Å². The molecule has 29 heavy (non-hydrogen) atoms. The first kappa shape index (κ1) is 22.4. The van der Waals surface area contributed by atoms with Gasteiger partial charge < -0.3 is 15.4 Å². The number of esters is 1. The van der Waals surface area contributed by atoms with Crippen LogP contribution < -0.4 is 10.6 Å². The van der Waals surface area contributed by atoms with E-state index < -0.39 is 24.0 Å². The Morgan fingerprint density at radius 2 is 1.59 bits per heavy atom. The van der Waals surface area contributed by atoms with Gasteiger partial charge in [0.05, 0.1) is 0 Å². The van der Waals surface area contributed by atoms with Crippen LogP contribution in [0.2, 0.25) is 5.02 Å². The number of anilines is 1. The van der Waals surface area contributed by atoms with Crippen molar-refractivity contribution in [3.8, 4) is 0 Å². The van der Waals surface area contributed by atoms with Crippen LogP contribution in [0, 0.1) is 12.8 Å². The van der Waals surface area contributed by atoms with Gasteiger partial charge in [-0.1, -0.05) is 43.6 Å². The van der Waals surface area contributed by atoms with Crippen LogP contribution in [-0.4, -0.2) is 29.9 Å². The maximum Gasteiger partial charge on any atom is 0.329 e. The minimum atomic E-state index is -1.03. The molecule has 154 valence electrons. The number of benzene rings is 2. The third-order valence-electron chi connectivity index (χ3n) is 4.37. The van der Waals surface area contributed by atoms with Gasteiger partial charge in [0.15, 0.2) is 6.10 Å². The van der Waals surface area contributed by atoms with Gasteiger partial charge in [-0.2, -0.15) is 0 Å². The van der Waals surface area contributed by atoms with Crippen molar-refractivity contribution in [2.45, 2.75) is 39.8 Å². The number of nitrogens with one attached hydrogen (secondary N) is 2. The van der Waals surface area contributed by atoms with E-state index in [0.29, 0.717) is 16.3 Å². The number of rotatable bonds is 7. The zero-order chi connectivity index (χ0) is 21.6. The fourth-order valence-corrected chi connectivity index (χ4v) is 2.75. The lowest BCUT2D eigenvalue weighted by atomic mass is 10.0. The van der Waals surface area contributed by atoms with Crippen LogP contribution >= 0.6 is 11.6 Å². The smallest absolute Gasteiger partial charge is 0.329 e. The third-order valence-corrected chi connectivity index (χ3v) is 4.62. The van der Waals surface area contributed by atoms with Gasteiger partial charge in [-0.3, -0.25) is 9.59 Å². The first-order valence-corrected chi connectivity index (χ1v) is 9.70. The van der Waals surface area contributed by atoms with E-state index >= 15 is 0 Å². The summed E-state index contributed by atoms with van der Waals surface area (Å²) in [5, 5.41) is 5.92. The van der Waals surface area contributed by atoms with Gasteiger partial charge >= 0.3 is 5.97 Å². The highest BCUT2D eigenvalue weighted by atomic mass is 35.5. The van der Waals surface area contributed by atoms with Gasteiger partial charge in [0.2, 0.25) is 0 Å². The van der Waals surface area contributed by atoms with Crippen molar-refractivity contribution in [2.24, 2.45) is 5.92 Å². The molecule has 0 heterocycles. The van der Waals surface area contributed by atoms with Gasteiger partial charge in [0.25, 0.3) is 11.8 Å². The zero-order valence-corrected chi connectivity index (χ0v) is 17.6. The summed E-state index contributed by atoms with van der Waals surface area (Å²) in [6.45, 7) is 6.88. The Kier molecular flexibility index (Phi) is 7.79. The van der Waals surface area contributed by atoms with Crippen LogP contribution in [0.1, 0.15) is 36.7 Å². The Bertz CT molecular complexity index is 881. The number of hydrogen-bond acceptors (Lipinski definition) is 4. The Morgan fingerprint density at radius 1 is 0.966 bits per heavy atom. The Labute approximate surface area is 175 Å². The fraction of sp³-hybridized carbons (Fsp3) is 0.318. The summed E-state index contributed by atoms with van der Waals surface area (Å²) in [6, 6.07) is 12.8. The first-order chi connectivity index (χ1) is 13.7. The second kappa shape index (κ2) is 10.1. The standard InChI is InChI=1S/C22H25ClN2O4/c1-13(2)19(25-21(27)18-8-6-5-7-14(18)3)22(28)29-15(4)20(26)24-17-11-9-16(23)10-12-17/h5-13,15,19H,1-4H3,(H,24,26)(H,25,27)/t15-,19-/m0/s1.